The molecule has 0 aliphatic carbocycles. The van der Waals surface area contributed by atoms with Crippen LogP contribution in [0.15, 0.2) is 127 Å². The number of para-hydroxylation sites is 2. The summed E-state index contributed by atoms with van der Waals surface area (Å²) in [6.07, 6.45) is 0.568. The Balaban J connectivity index is 1.00. The molecule has 8 rings (SSSR count). The first-order valence-corrected chi connectivity index (χ1v) is 15.7. The molecule has 47 heavy (non-hydrogen) atoms. The van der Waals surface area contributed by atoms with Gasteiger partial charge in [-0.15, -0.1) is 0 Å². The number of benzene rings is 5. The zero-order valence-corrected chi connectivity index (χ0v) is 25.4. The van der Waals surface area contributed by atoms with Crippen LogP contribution in [0.4, 0.5) is 17.1 Å². The van der Waals surface area contributed by atoms with Crippen LogP contribution in [0.25, 0.3) is 11.1 Å². The Morgan fingerprint density at radius 2 is 1.19 bits per heavy atom. The van der Waals surface area contributed by atoms with Crippen LogP contribution in [0.2, 0.25) is 0 Å². The number of imide groups is 1. The van der Waals surface area contributed by atoms with Gasteiger partial charge in [-0.25, -0.2) is 0 Å². The zero-order valence-electron chi connectivity index (χ0n) is 25.4. The van der Waals surface area contributed by atoms with Crippen molar-refractivity contribution in [2.75, 3.05) is 28.2 Å². The van der Waals surface area contributed by atoms with Gasteiger partial charge in [0.05, 0.1) is 28.5 Å². The minimum Gasteiger partial charge on any atom is -0.363 e. The fourth-order valence-electron chi connectivity index (χ4n) is 7.12. The summed E-state index contributed by atoms with van der Waals surface area (Å²) in [5, 5.41) is 2.98. The third-order valence-electron chi connectivity index (χ3n) is 9.35. The Kier molecular flexibility index (Phi) is 6.90. The summed E-state index contributed by atoms with van der Waals surface area (Å²) in [7, 11) is 0. The molecule has 3 aliphatic rings. The molecular formula is C39H30N4O4. The van der Waals surface area contributed by atoms with Crippen LogP contribution in [0.1, 0.15) is 47.9 Å². The van der Waals surface area contributed by atoms with Gasteiger partial charge in [0.1, 0.15) is 0 Å². The van der Waals surface area contributed by atoms with Gasteiger partial charge in [0, 0.05) is 35.9 Å². The number of fused-ring (bicyclic) bond motifs is 4. The van der Waals surface area contributed by atoms with Crippen LogP contribution in [0, 0.1) is 0 Å². The van der Waals surface area contributed by atoms with Crippen molar-refractivity contribution in [3.8, 4) is 11.1 Å². The van der Waals surface area contributed by atoms with E-state index in [1.807, 2.05) is 72.8 Å². The van der Waals surface area contributed by atoms with Crippen molar-refractivity contribution < 1.29 is 19.2 Å². The van der Waals surface area contributed by atoms with E-state index in [1.54, 1.807) is 59.5 Å². The van der Waals surface area contributed by atoms with Gasteiger partial charge in [0.2, 0.25) is 0 Å². The number of anilines is 3. The number of hydrogen-bond acceptors (Lipinski definition) is 5. The fourth-order valence-corrected chi connectivity index (χ4v) is 7.12. The fraction of sp³-hybridized carbons (Fsp3) is 0.128. The van der Waals surface area contributed by atoms with Crippen molar-refractivity contribution >= 4 is 40.7 Å². The Labute approximate surface area is 271 Å². The maximum absolute atomic E-state index is 14.0. The number of amides is 4. The lowest BCUT2D eigenvalue weighted by Crippen LogP contribution is -2.48. The first kappa shape index (κ1) is 28.5. The molecule has 1 unspecified atom stereocenters. The molecule has 3 heterocycles. The van der Waals surface area contributed by atoms with Crippen molar-refractivity contribution in [2.24, 2.45) is 0 Å². The van der Waals surface area contributed by atoms with E-state index < -0.39 is 0 Å². The standard InChI is InChI=1S/C39H30N4O4/c44-36(31-13-5-4-12-30(31)25-10-2-1-3-11-25)40-27-20-18-26(19-21-27)37(45)42-23-28-22-29(24-41(28)34-16-8-9-17-35(34)42)43-38(46)32-14-6-7-15-33(32)39(43)47/h1-21,28-29H,22-24H2,(H,40,44)/t28-,29?/m0/s1. The Morgan fingerprint density at radius 1 is 0.596 bits per heavy atom. The second-order valence-corrected chi connectivity index (χ2v) is 12.1. The van der Waals surface area contributed by atoms with Crippen molar-refractivity contribution in [1.29, 1.82) is 0 Å². The van der Waals surface area contributed by atoms with E-state index in [4.69, 9.17) is 0 Å². The van der Waals surface area contributed by atoms with Crippen molar-refractivity contribution in [3.05, 3.63) is 150 Å². The molecule has 4 amide bonds. The second kappa shape index (κ2) is 11.4. The van der Waals surface area contributed by atoms with Crippen molar-refractivity contribution in [3.63, 3.8) is 0 Å². The minimum atomic E-state index is -0.301. The van der Waals surface area contributed by atoms with E-state index in [2.05, 4.69) is 10.2 Å². The minimum absolute atomic E-state index is 0.0635. The highest BCUT2D eigenvalue weighted by molar-refractivity contribution is 6.21. The predicted molar refractivity (Wildman–Crippen MR) is 181 cm³/mol. The van der Waals surface area contributed by atoms with Crippen LogP contribution in [-0.4, -0.2) is 53.7 Å². The smallest absolute Gasteiger partial charge is 0.261 e. The van der Waals surface area contributed by atoms with Crippen LogP contribution in [-0.2, 0) is 0 Å². The third kappa shape index (κ3) is 4.86. The molecule has 3 aliphatic heterocycles. The molecule has 1 saturated heterocycles. The highest BCUT2D eigenvalue weighted by atomic mass is 16.2. The van der Waals surface area contributed by atoms with E-state index in [-0.39, 0.29) is 35.7 Å². The number of carbonyl (C=O) groups excluding carboxylic acids is 4. The highest BCUT2D eigenvalue weighted by Gasteiger charge is 2.47. The number of nitrogens with one attached hydrogen (secondary N) is 1. The van der Waals surface area contributed by atoms with E-state index in [1.165, 1.54) is 4.90 Å². The van der Waals surface area contributed by atoms with Gasteiger partial charge in [0.15, 0.2) is 0 Å². The van der Waals surface area contributed by atoms with E-state index in [9.17, 15) is 19.2 Å². The largest absolute Gasteiger partial charge is 0.363 e. The van der Waals surface area contributed by atoms with E-state index in [0.29, 0.717) is 47.5 Å². The molecule has 0 bridgehead atoms. The quantitative estimate of drug-likeness (QED) is 0.227. The summed E-state index contributed by atoms with van der Waals surface area (Å²) < 4.78 is 0. The molecule has 5 aromatic carbocycles. The number of nitrogens with zero attached hydrogens (tertiary/aromatic N) is 3. The SMILES string of the molecule is O=C(Nc1ccc(C(=O)N2C[C@@H]3CC(N4C(=O)c5ccccc5C4=O)CN3c3ccccc32)cc1)c1ccccc1-c1ccccc1. The van der Waals surface area contributed by atoms with Gasteiger partial charge in [-0.3, -0.25) is 24.1 Å². The molecule has 2 atom stereocenters. The van der Waals surface area contributed by atoms with Gasteiger partial charge in [0.25, 0.3) is 23.6 Å². The number of hydrogen-bond donors (Lipinski definition) is 1. The summed E-state index contributed by atoms with van der Waals surface area (Å²) in [6.45, 7) is 0.932. The molecule has 5 aromatic rings. The summed E-state index contributed by atoms with van der Waals surface area (Å²) >= 11 is 0. The maximum atomic E-state index is 14.0. The summed E-state index contributed by atoms with van der Waals surface area (Å²) in [5.74, 6) is -0.907. The van der Waals surface area contributed by atoms with Gasteiger partial charge >= 0.3 is 0 Å². The molecular weight excluding hydrogens is 588 g/mol. The second-order valence-electron chi connectivity index (χ2n) is 12.1. The average molecular weight is 619 g/mol. The molecule has 1 N–H and O–H groups in total. The Hall–Kier alpha value is -6.02. The predicted octanol–water partition coefficient (Wildman–Crippen LogP) is 6.51. The van der Waals surface area contributed by atoms with E-state index in [0.717, 1.165) is 22.5 Å². The summed E-state index contributed by atoms with van der Waals surface area (Å²) in [5.41, 5.74) is 6.00. The highest BCUT2D eigenvalue weighted by Crippen LogP contribution is 2.42. The van der Waals surface area contributed by atoms with Crippen LogP contribution < -0.4 is 15.1 Å². The van der Waals surface area contributed by atoms with Crippen molar-refractivity contribution in [1.82, 2.24) is 4.90 Å². The maximum Gasteiger partial charge on any atom is 0.261 e. The first-order chi connectivity index (χ1) is 23.0. The molecule has 0 aromatic heterocycles. The first-order valence-electron chi connectivity index (χ1n) is 15.7. The molecule has 0 spiro atoms. The van der Waals surface area contributed by atoms with Crippen LogP contribution >= 0.6 is 0 Å². The van der Waals surface area contributed by atoms with Gasteiger partial charge in [-0.1, -0.05) is 72.8 Å². The molecule has 8 heteroatoms. The molecule has 0 saturated carbocycles. The number of carbonyl (C=O) groups is 4. The molecule has 230 valence electrons. The van der Waals surface area contributed by atoms with Gasteiger partial charge in [-0.05, 0) is 72.1 Å². The average Bonchev–Trinajstić information content (AvgIpc) is 3.66. The Morgan fingerprint density at radius 3 is 1.89 bits per heavy atom. The Bertz CT molecular complexity index is 2020. The van der Waals surface area contributed by atoms with Crippen LogP contribution in [0.5, 0.6) is 0 Å². The summed E-state index contributed by atoms with van der Waals surface area (Å²) in [6, 6.07) is 38.5. The number of rotatable bonds is 5. The van der Waals surface area contributed by atoms with Gasteiger partial charge in [-0.2, -0.15) is 0 Å². The van der Waals surface area contributed by atoms with Crippen molar-refractivity contribution in [2.45, 2.75) is 18.5 Å². The zero-order chi connectivity index (χ0) is 32.1. The topological polar surface area (TPSA) is 90.0 Å². The lowest BCUT2D eigenvalue weighted by atomic mass is 9.99. The lowest BCUT2D eigenvalue weighted by molar-refractivity contribution is 0.0595. The lowest BCUT2D eigenvalue weighted by Gasteiger charge is -2.40. The van der Waals surface area contributed by atoms with E-state index >= 15 is 0 Å². The molecule has 1 fully saturated rings. The monoisotopic (exact) mass is 618 g/mol. The molecule has 0 radical (unpaired) electrons. The molecule has 8 nitrogen and oxygen atoms in total. The summed E-state index contributed by atoms with van der Waals surface area (Å²) in [4.78, 5) is 59.2. The van der Waals surface area contributed by atoms with Crippen LogP contribution in [0.3, 0.4) is 0 Å². The normalized spacial score (nSPS) is 18.1. The van der Waals surface area contributed by atoms with Gasteiger partial charge < -0.3 is 15.1 Å². The third-order valence-corrected chi connectivity index (χ3v) is 9.35.